The van der Waals surface area contributed by atoms with Crippen LogP contribution in [0.3, 0.4) is 0 Å². The van der Waals surface area contributed by atoms with Gasteiger partial charge in [-0.3, -0.25) is 4.68 Å². The van der Waals surface area contributed by atoms with E-state index < -0.39 is 0 Å². The van der Waals surface area contributed by atoms with Gasteiger partial charge in [-0.1, -0.05) is 0 Å². The largest absolute Gasteiger partial charge is 0.497 e. The minimum atomic E-state index is 0.523. The molecule has 2 aromatic rings. The van der Waals surface area contributed by atoms with Crippen molar-refractivity contribution in [2.75, 3.05) is 13.7 Å². The Labute approximate surface area is 112 Å². The summed E-state index contributed by atoms with van der Waals surface area (Å²) in [7, 11) is 3.46. The van der Waals surface area contributed by atoms with E-state index in [0.717, 1.165) is 12.1 Å². The summed E-state index contributed by atoms with van der Waals surface area (Å²) in [6.45, 7) is 0.525. The number of nitriles is 1. The maximum absolute atomic E-state index is 8.92. The van der Waals surface area contributed by atoms with Crippen LogP contribution in [0.2, 0.25) is 0 Å². The van der Waals surface area contributed by atoms with Crippen LogP contribution < -0.4 is 9.47 Å². The number of hydrogen-bond donors (Lipinski definition) is 0. The lowest BCUT2D eigenvalue weighted by Crippen LogP contribution is -2.06. The standard InChI is InChI=1S/C14H15N3O2/c1-17-12(3-5-16-17)4-6-19-14-8-11(10-15)7-13(9-14)18-2/h3,5,7-9H,4,6H2,1-2H3. The van der Waals surface area contributed by atoms with Crippen molar-refractivity contribution in [3.8, 4) is 17.6 Å². The zero-order valence-corrected chi connectivity index (χ0v) is 11.0. The van der Waals surface area contributed by atoms with E-state index in [4.69, 9.17) is 14.7 Å². The number of methoxy groups -OCH3 is 1. The molecule has 0 aliphatic heterocycles. The molecular weight excluding hydrogens is 242 g/mol. The average Bonchev–Trinajstić information content (AvgIpc) is 2.84. The summed E-state index contributed by atoms with van der Waals surface area (Å²) in [5.41, 5.74) is 1.62. The zero-order chi connectivity index (χ0) is 13.7. The van der Waals surface area contributed by atoms with Gasteiger partial charge in [-0.2, -0.15) is 10.4 Å². The van der Waals surface area contributed by atoms with Gasteiger partial charge in [0.05, 0.1) is 25.3 Å². The minimum Gasteiger partial charge on any atom is -0.497 e. The molecule has 5 heteroatoms. The third-order valence-electron chi connectivity index (χ3n) is 2.79. The predicted octanol–water partition coefficient (Wildman–Crippen LogP) is 1.92. The molecule has 0 amide bonds. The number of rotatable bonds is 5. The van der Waals surface area contributed by atoms with Gasteiger partial charge in [0, 0.05) is 31.4 Å². The molecule has 0 N–H and O–H groups in total. The highest BCUT2D eigenvalue weighted by Gasteiger charge is 2.03. The molecule has 0 saturated carbocycles. The van der Waals surface area contributed by atoms with Crippen LogP contribution in [0.5, 0.6) is 11.5 Å². The van der Waals surface area contributed by atoms with Gasteiger partial charge in [0.25, 0.3) is 0 Å². The monoisotopic (exact) mass is 257 g/mol. The number of aromatic nitrogens is 2. The van der Waals surface area contributed by atoms with E-state index in [-0.39, 0.29) is 0 Å². The molecule has 2 rings (SSSR count). The molecule has 98 valence electrons. The van der Waals surface area contributed by atoms with Crippen LogP contribution in [0.4, 0.5) is 0 Å². The highest BCUT2D eigenvalue weighted by Crippen LogP contribution is 2.22. The van der Waals surface area contributed by atoms with Gasteiger partial charge in [0.1, 0.15) is 11.5 Å². The minimum absolute atomic E-state index is 0.523. The van der Waals surface area contributed by atoms with Gasteiger partial charge >= 0.3 is 0 Å². The molecule has 0 saturated heterocycles. The fourth-order valence-corrected chi connectivity index (χ4v) is 1.76. The Kier molecular flexibility index (Phi) is 4.04. The maximum atomic E-state index is 8.92. The number of aryl methyl sites for hydroxylation is 1. The molecule has 1 aromatic heterocycles. The second kappa shape index (κ2) is 5.91. The lowest BCUT2D eigenvalue weighted by molar-refractivity contribution is 0.315. The molecule has 1 aromatic carbocycles. The van der Waals surface area contributed by atoms with Crippen molar-refractivity contribution in [1.29, 1.82) is 5.26 Å². The lowest BCUT2D eigenvalue weighted by atomic mass is 10.2. The summed E-state index contributed by atoms with van der Waals surface area (Å²) >= 11 is 0. The Morgan fingerprint density at radius 1 is 1.32 bits per heavy atom. The fraction of sp³-hybridized carbons (Fsp3) is 0.286. The van der Waals surface area contributed by atoms with Gasteiger partial charge in [-0.05, 0) is 18.2 Å². The first-order chi connectivity index (χ1) is 9.22. The van der Waals surface area contributed by atoms with Gasteiger partial charge in [-0.15, -0.1) is 0 Å². The summed E-state index contributed by atoms with van der Waals surface area (Å²) in [4.78, 5) is 0. The topological polar surface area (TPSA) is 60.1 Å². The van der Waals surface area contributed by atoms with Crippen molar-refractivity contribution in [2.45, 2.75) is 6.42 Å². The molecule has 0 aliphatic rings. The number of ether oxygens (including phenoxy) is 2. The highest BCUT2D eigenvalue weighted by atomic mass is 16.5. The quantitative estimate of drug-likeness (QED) is 0.821. The second-order valence-corrected chi connectivity index (χ2v) is 4.05. The molecule has 0 bridgehead atoms. The summed E-state index contributed by atoms with van der Waals surface area (Å²) < 4.78 is 12.6. The Bertz CT molecular complexity index is 599. The molecule has 0 radical (unpaired) electrons. The SMILES string of the molecule is COc1cc(C#N)cc(OCCc2ccnn2C)c1. The zero-order valence-electron chi connectivity index (χ0n) is 11.0. The molecule has 0 unspecified atom stereocenters. The van der Waals surface area contributed by atoms with Gasteiger partial charge < -0.3 is 9.47 Å². The van der Waals surface area contributed by atoms with Crippen LogP contribution in [0.15, 0.2) is 30.5 Å². The summed E-state index contributed by atoms with van der Waals surface area (Å²) in [5, 5.41) is 13.0. The van der Waals surface area contributed by atoms with Crippen LogP contribution in [0.25, 0.3) is 0 Å². The van der Waals surface area contributed by atoms with Crippen LogP contribution >= 0.6 is 0 Å². The molecular formula is C14H15N3O2. The summed E-state index contributed by atoms with van der Waals surface area (Å²) in [6, 6.07) is 9.18. The van der Waals surface area contributed by atoms with Crippen molar-refractivity contribution in [2.24, 2.45) is 7.05 Å². The highest BCUT2D eigenvalue weighted by molar-refractivity contribution is 5.43. The number of benzene rings is 1. The first-order valence-electron chi connectivity index (χ1n) is 5.92. The Morgan fingerprint density at radius 2 is 2.11 bits per heavy atom. The molecule has 19 heavy (non-hydrogen) atoms. The number of nitrogens with zero attached hydrogens (tertiary/aromatic N) is 3. The van der Waals surface area contributed by atoms with E-state index in [9.17, 15) is 0 Å². The molecule has 0 spiro atoms. The van der Waals surface area contributed by atoms with Crippen molar-refractivity contribution in [1.82, 2.24) is 9.78 Å². The number of hydrogen-bond acceptors (Lipinski definition) is 4. The third-order valence-corrected chi connectivity index (χ3v) is 2.79. The smallest absolute Gasteiger partial charge is 0.124 e. The summed E-state index contributed by atoms with van der Waals surface area (Å²) in [5.74, 6) is 1.26. The lowest BCUT2D eigenvalue weighted by Gasteiger charge is -2.08. The van der Waals surface area contributed by atoms with Crippen molar-refractivity contribution in [3.63, 3.8) is 0 Å². The van der Waals surface area contributed by atoms with Gasteiger partial charge in [-0.25, -0.2) is 0 Å². The molecule has 5 nitrogen and oxygen atoms in total. The molecule has 0 atom stereocenters. The fourth-order valence-electron chi connectivity index (χ4n) is 1.76. The van der Waals surface area contributed by atoms with Crippen molar-refractivity contribution < 1.29 is 9.47 Å². The van der Waals surface area contributed by atoms with E-state index in [1.54, 1.807) is 31.5 Å². The maximum Gasteiger partial charge on any atom is 0.124 e. The van der Waals surface area contributed by atoms with Gasteiger partial charge in [0.2, 0.25) is 0 Å². The Morgan fingerprint density at radius 3 is 2.74 bits per heavy atom. The van der Waals surface area contributed by atoms with E-state index in [1.165, 1.54) is 0 Å². The van der Waals surface area contributed by atoms with E-state index >= 15 is 0 Å². The van der Waals surface area contributed by atoms with Crippen molar-refractivity contribution in [3.05, 3.63) is 41.7 Å². The molecule has 1 heterocycles. The van der Waals surface area contributed by atoms with Gasteiger partial charge in [0.15, 0.2) is 0 Å². The summed E-state index contributed by atoms with van der Waals surface area (Å²) in [6.07, 6.45) is 2.52. The average molecular weight is 257 g/mol. The van der Waals surface area contributed by atoms with Crippen LogP contribution in [-0.2, 0) is 13.5 Å². The second-order valence-electron chi connectivity index (χ2n) is 4.05. The van der Waals surface area contributed by atoms with Crippen LogP contribution in [0, 0.1) is 11.3 Å². The van der Waals surface area contributed by atoms with E-state index in [0.29, 0.717) is 23.7 Å². The van der Waals surface area contributed by atoms with Crippen LogP contribution in [-0.4, -0.2) is 23.5 Å². The van der Waals surface area contributed by atoms with E-state index in [1.807, 2.05) is 17.8 Å². The Hall–Kier alpha value is -2.48. The Balaban J connectivity index is 1.99. The first-order valence-corrected chi connectivity index (χ1v) is 5.92. The predicted molar refractivity (Wildman–Crippen MR) is 70.1 cm³/mol. The van der Waals surface area contributed by atoms with Crippen LogP contribution in [0.1, 0.15) is 11.3 Å². The van der Waals surface area contributed by atoms with Crippen molar-refractivity contribution >= 4 is 0 Å². The molecule has 0 aliphatic carbocycles. The molecule has 0 fully saturated rings. The van der Waals surface area contributed by atoms with E-state index in [2.05, 4.69) is 11.2 Å². The third kappa shape index (κ3) is 3.26. The normalized spacial score (nSPS) is 9.95. The first kappa shape index (κ1) is 13.0.